The van der Waals surface area contributed by atoms with Crippen molar-refractivity contribution in [3.8, 4) is 0 Å². The third kappa shape index (κ3) is 20.9. The van der Waals surface area contributed by atoms with Gasteiger partial charge in [0.15, 0.2) is 24.1 Å². The van der Waals surface area contributed by atoms with Crippen LogP contribution in [0.3, 0.4) is 0 Å². The second-order valence-electron chi connectivity index (χ2n) is 20.5. The summed E-state index contributed by atoms with van der Waals surface area (Å²) in [5.41, 5.74) is 0. The molecule has 1 amide bonds. The molecule has 0 spiro atoms. The fourth-order valence-electron chi connectivity index (χ4n) is 10.0. The zero-order valence-electron chi connectivity index (χ0n) is 45.9. The van der Waals surface area contributed by atoms with Crippen molar-refractivity contribution in [2.24, 2.45) is 17.8 Å². The second kappa shape index (κ2) is 33.3. The number of allylic oxidation sites excluding steroid dienone is 12. The maximum absolute atomic E-state index is 13.9. The van der Waals surface area contributed by atoms with Gasteiger partial charge in [0.2, 0.25) is 0 Å². The van der Waals surface area contributed by atoms with Crippen LogP contribution in [0.5, 0.6) is 0 Å². The normalized spacial score (nSPS) is 42.5. The van der Waals surface area contributed by atoms with Gasteiger partial charge in [0.05, 0.1) is 73.5 Å². The molecule has 0 saturated carbocycles. The van der Waals surface area contributed by atoms with Gasteiger partial charge in [-0.15, -0.1) is 0 Å². The number of aliphatic hydroxyl groups is 5. The Balaban J connectivity index is 1.45. The Kier molecular flexibility index (Phi) is 27.9. The minimum absolute atomic E-state index is 0.0114. The maximum atomic E-state index is 13.9. The van der Waals surface area contributed by atoms with Gasteiger partial charge in [-0.1, -0.05) is 143 Å². The summed E-state index contributed by atoms with van der Waals surface area (Å²) in [7, 11) is 6.36. The van der Waals surface area contributed by atoms with Crippen molar-refractivity contribution in [3.05, 3.63) is 110 Å². The number of rotatable bonds is 9. The lowest BCUT2D eigenvalue weighted by molar-refractivity contribution is -0.326. The van der Waals surface area contributed by atoms with Crippen LogP contribution in [0.1, 0.15) is 79.1 Å². The van der Waals surface area contributed by atoms with Crippen molar-refractivity contribution >= 4 is 36.5 Å². The summed E-state index contributed by atoms with van der Waals surface area (Å²) >= 11 is 0. The molecule has 6 bridgehead atoms. The quantitative estimate of drug-likeness (QED) is 0.0730. The van der Waals surface area contributed by atoms with Gasteiger partial charge in [-0.25, -0.2) is 4.79 Å². The topological polar surface area (TPSA) is 266 Å². The number of nitrogens with one attached hydrogen (secondary N) is 1. The fourth-order valence-corrected chi connectivity index (χ4v) is 10.9. The van der Waals surface area contributed by atoms with Crippen molar-refractivity contribution in [1.29, 1.82) is 0 Å². The van der Waals surface area contributed by atoms with E-state index in [2.05, 4.69) is 37.0 Å². The van der Waals surface area contributed by atoms with Gasteiger partial charge >= 0.3 is 18.0 Å². The van der Waals surface area contributed by atoms with Crippen LogP contribution < -0.4 is 5.32 Å². The molecule has 442 valence electrons. The molecule has 22 heteroatoms. The highest BCUT2D eigenvalue weighted by atomic mass is 31.0. The third-order valence-corrected chi connectivity index (χ3v) is 15.1. The predicted octanol–water partition coefficient (Wildman–Crippen LogP) is 5.41. The van der Waals surface area contributed by atoms with Crippen LogP contribution in [0.4, 0.5) is 4.79 Å². The minimum Gasteiger partial charge on any atom is -0.462 e. The lowest BCUT2D eigenvalue weighted by atomic mass is 9.82. The Bertz CT molecular complexity index is 2160. The summed E-state index contributed by atoms with van der Waals surface area (Å²) in [6.45, 7) is 14.0. The van der Waals surface area contributed by atoms with E-state index in [0.717, 1.165) is 0 Å². The van der Waals surface area contributed by atoms with Crippen molar-refractivity contribution in [2.45, 2.75) is 189 Å². The molecular formula is C57H85NO19P2. The molecule has 5 heterocycles. The van der Waals surface area contributed by atoms with E-state index < -0.39 is 127 Å². The molecule has 0 radical (unpaired) electrons. The fraction of sp³-hybridized carbons (Fsp3) is 0.632. The zero-order valence-corrected chi connectivity index (χ0v) is 48.2. The molecule has 0 aromatic rings. The van der Waals surface area contributed by atoms with E-state index in [9.17, 15) is 39.9 Å². The number of carbonyl (C=O) groups excluding carboxylic acids is 3. The third-order valence-electron chi connectivity index (χ3n) is 14.5. The van der Waals surface area contributed by atoms with Crippen LogP contribution in [-0.4, -0.2) is 173 Å². The Morgan fingerprint density at radius 3 is 1.92 bits per heavy atom. The van der Waals surface area contributed by atoms with E-state index in [1.807, 2.05) is 68.5 Å². The number of cyclic esters (lactones) is 1. The maximum Gasteiger partial charge on any atom is 0.407 e. The Morgan fingerprint density at radius 2 is 1.28 bits per heavy atom. The largest absolute Gasteiger partial charge is 0.462 e. The first-order valence-electron chi connectivity index (χ1n) is 27.0. The monoisotopic (exact) mass is 1150 g/mol. The number of esters is 2. The van der Waals surface area contributed by atoms with Crippen LogP contribution in [0.15, 0.2) is 110 Å². The Hall–Kier alpha value is -3.79. The molecular weight excluding hydrogens is 1060 g/mol. The first-order valence-corrected chi connectivity index (χ1v) is 28.4. The lowest BCUT2D eigenvalue weighted by Gasteiger charge is -2.48. The van der Waals surface area contributed by atoms with Gasteiger partial charge in [0.1, 0.15) is 37.4 Å². The van der Waals surface area contributed by atoms with Gasteiger partial charge in [-0.3, -0.25) is 9.59 Å². The first kappa shape index (κ1) is 66.0. The summed E-state index contributed by atoms with van der Waals surface area (Å²) < 4.78 is 66.0. The number of ether oxygens (including phenoxy) is 11. The van der Waals surface area contributed by atoms with Crippen molar-refractivity contribution < 1.29 is 92.0 Å². The van der Waals surface area contributed by atoms with Crippen LogP contribution in [0, 0.1) is 17.8 Å². The van der Waals surface area contributed by atoms with E-state index in [-0.39, 0.29) is 69.7 Å². The summed E-state index contributed by atoms with van der Waals surface area (Å²) in [5, 5.41) is 59.9. The number of hydrogen-bond donors (Lipinski definition) is 6. The predicted molar refractivity (Wildman–Crippen MR) is 298 cm³/mol. The molecule has 5 aliphatic rings. The van der Waals surface area contributed by atoms with Crippen LogP contribution in [0.2, 0.25) is 0 Å². The first-order chi connectivity index (χ1) is 37.8. The van der Waals surface area contributed by atoms with Crippen molar-refractivity contribution in [2.75, 3.05) is 20.3 Å². The number of carbonyl (C=O) groups is 3. The molecule has 6 N–H and O–H groups in total. The van der Waals surface area contributed by atoms with Crippen molar-refractivity contribution in [3.63, 3.8) is 0 Å². The molecule has 5 aliphatic heterocycles. The zero-order chi connectivity index (χ0) is 57.6. The number of amides is 1. The van der Waals surface area contributed by atoms with Crippen LogP contribution in [0.25, 0.3) is 0 Å². The number of hydrogen-bond acceptors (Lipinski definition) is 19. The summed E-state index contributed by atoms with van der Waals surface area (Å²) in [5.74, 6) is -4.71. The second-order valence-corrected chi connectivity index (χ2v) is 21.5. The van der Waals surface area contributed by atoms with Gasteiger partial charge in [0.25, 0.3) is 0 Å². The SMILES string of the molecule is C=CCOC(=O)N[C@@H]1[C@@H](O)[C@H](O[C@H]2/C=C/C=C/C=C/C=C/C=C/C=C/C=C/[C@H](C)[C@@H](O)[C@@H](C)[C@H](C)OC(=O)C[C@H]3C[C@@H](CC[C@@H](O)[C@H]4C[C@@H](C[C@]5(OC)C[C@H](O)[C@@H](C(=O)OCC=C)[C@H](C2)O5)OC(P)O4)OC(P)O3)O[C@H](C)[C@H]1O. The van der Waals surface area contributed by atoms with E-state index in [1.54, 1.807) is 44.2 Å². The summed E-state index contributed by atoms with van der Waals surface area (Å²) in [6.07, 6.45) is 14.2. The molecule has 4 unspecified atom stereocenters. The van der Waals surface area contributed by atoms with Crippen LogP contribution >= 0.6 is 18.5 Å². The number of methoxy groups -OCH3 is 1. The van der Waals surface area contributed by atoms with Gasteiger partial charge in [-0.05, 0) is 26.7 Å². The van der Waals surface area contributed by atoms with Gasteiger partial charge < -0.3 is 83.0 Å². The molecule has 4 fully saturated rings. The average molecular weight is 1150 g/mol. The summed E-state index contributed by atoms with van der Waals surface area (Å²) in [6, 6.07) is -2.86. The van der Waals surface area contributed by atoms with Gasteiger partial charge in [-0.2, -0.15) is 0 Å². The van der Waals surface area contributed by atoms with E-state index >= 15 is 0 Å². The lowest BCUT2D eigenvalue weighted by Crippen LogP contribution is -2.64. The van der Waals surface area contributed by atoms with E-state index in [4.69, 9.17) is 52.1 Å². The number of fused-ring (bicyclic) bond motifs is 6. The molecule has 5 rings (SSSR count). The highest BCUT2D eigenvalue weighted by Crippen LogP contribution is 2.42. The smallest absolute Gasteiger partial charge is 0.407 e. The molecule has 20 nitrogen and oxygen atoms in total. The number of alkyl carbamates (subject to hydrolysis) is 1. The minimum atomic E-state index is -1.63. The molecule has 0 aromatic carbocycles. The average Bonchev–Trinajstić information content (AvgIpc) is 3.43. The molecule has 0 aliphatic carbocycles. The Morgan fingerprint density at radius 1 is 0.684 bits per heavy atom. The standard InChI is InChI=1S/C57H85NO19P2/c1-8-26-68-52(65)47-43(60)33-57(67-7)32-41-30-44(76-56(79)75-41)42(59)25-24-39-28-40(74-55(78)73-39)31-46(61)70-36(5)35(4)49(62)34(3)22-20-18-16-14-12-10-11-13-15-17-19-21-23-38(29-45(47)77-57)72-53-51(64)48(50(63)37(6)71-53)58-54(66)69-27-9-2/h8-23,34-45,47-51,53,55-56,59-60,62-64H,1-2,24-33,78-79H2,3-7H3,(H,58,66)/b11-10+,14-12+,15-13+,18-16+,19-17+,22-20+,23-21+/t34-,35-,36-,37+,38-,39+,40+,41-,42+,43-,44+,45-,47+,48-,49+,50+,51+,53-,55?,56?,57+/m0/s1. The van der Waals surface area contributed by atoms with E-state index in [0.29, 0.717) is 12.8 Å². The Labute approximate surface area is 469 Å². The van der Waals surface area contributed by atoms with Crippen molar-refractivity contribution in [1.82, 2.24) is 5.32 Å². The molecule has 4 saturated heterocycles. The molecule has 23 atom stereocenters. The van der Waals surface area contributed by atoms with E-state index in [1.165, 1.54) is 19.3 Å². The highest BCUT2D eigenvalue weighted by molar-refractivity contribution is 7.17. The van der Waals surface area contributed by atoms with Gasteiger partial charge in [0, 0.05) is 51.0 Å². The summed E-state index contributed by atoms with van der Waals surface area (Å²) in [4.78, 5) is 39.7. The molecule has 79 heavy (non-hydrogen) atoms. The highest BCUT2D eigenvalue weighted by Gasteiger charge is 2.53. The number of aliphatic hydroxyl groups excluding tert-OH is 5. The molecule has 0 aromatic heterocycles. The van der Waals surface area contributed by atoms with Crippen LogP contribution in [-0.2, 0) is 61.7 Å².